The molecule has 0 aliphatic heterocycles. The maximum absolute atomic E-state index is 12.6. The summed E-state index contributed by atoms with van der Waals surface area (Å²) in [5.41, 5.74) is 3.16. The first-order chi connectivity index (χ1) is 14.3. The number of nitrogens with zero attached hydrogens (tertiary/aromatic N) is 1. The van der Waals surface area contributed by atoms with Gasteiger partial charge in [0.1, 0.15) is 16.6 Å². The zero-order valence-corrected chi connectivity index (χ0v) is 18.7. The fraction of sp³-hybridized carbons (Fsp3) is 0.227. The number of sulfonamides is 1. The lowest BCUT2D eigenvalue weighted by atomic mass is 10.1. The van der Waals surface area contributed by atoms with Crippen molar-refractivity contribution in [3.63, 3.8) is 0 Å². The average Bonchev–Trinajstić information content (AvgIpc) is 3.27. The molecule has 0 aliphatic carbocycles. The van der Waals surface area contributed by atoms with Crippen LogP contribution in [-0.4, -0.2) is 34.5 Å². The first kappa shape index (κ1) is 21.9. The molecule has 0 aliphatic rings. The second kappa shape index (κ2) is 9.32. The number of benzene rings is 2. The van der Waals surface area contributed by atoms with Gasteiger partial charge in [0.25, 0.3) is 15.9 Å². The van der Waals surface area contributed by atoms with Crippen molar-refractivity contribution in [1.29, 1.82) is 0 Å². The zero-order chi connectivity index (χ0) is 21.7. The van der Waals surface area contributed by atoms with Crippen molar-refractivity contribution in [1.82, 2.24) is 5.32 Å². The van der Waals surface area contributed by atoms with E-state index in [4.69, 9.17) is 4.74 Å². The molecular weight excluding hydrogens is 420 g/mol. The third kappa shape index (κ3) is 5.01. The number of amides is 1. The summed E-state index contributed by atoms with van der Waals surface area (Å²) in [7, 11) is -2.10. The van der Waals surface area contributed by atoms with Crippen molar-refractivity contribution in [2.75, 3.05) is 24.5 Å². The number of aryl methyl sites for hydroxylation is 2. The highest BCUT2D eigenvalue weighted by molar-refractivity contribution is 7.94. The van der Waals surface area contributed by atoms with Crippen LogP contribution < -0.4 is 14.4 Å². The minimum atomic E-state index is -3.60. The molecule has 0 saturated heterocycles. The molecular formula is C22H24N2O4S2. The molecule has 0 radical (unpaired) electrons. The van der Waals surface area contributed by atoms with Gasteiger partial charge >= 0.3 is 0 Å². The predicted molar refractivity (Wildman–Crippen MR) is 120 cm³/mol. The van der Waals surface area contributed by atoms with E-state index >= 15 is 0 Å². The number of anilines is 1. The Bertz CT molecular complexity index is 1110. The summed E-state index contributed by atoms with van der Waals surface area (Å²) < 4.78 is 32.4. The molecule has 3 aromatic rings. The van der Waals surface area contributed by atoms with Gasteiger partial charge in [0.2, 0.25) is 0 Å². The summed E-state index contributed by atoms with van der Waals surface area (Å²) in [6.45, 7) is 4.73. The van der Waals surface area contributed by atoms with Crippen molar-refractivity contribution < 1.29 is 17.9 Å². The molecule has 2 aromatic carbocycles. The van der Waals surface area contributed by atoms with Gasteiger partial charge in [-0.05, 0) is 61.2 Å². The average molecular weight is 445 g/mol. The number of hydrogen-bond donors (Lipinski definition) is 1. The molecule has 0 fully saturated rings. The van der Waals surface area contributed by atoms with Gasteiger partial charge in [0, 0.05) is 12.6 Å². The highest BCUT2D eigenvalue weighted by Gasteiger charge is 2.22. The summed E-state index contributed by atoms with van der Waals surface area (Å²) in [6.07, 6.45) is 0. The Balaban J connectivity index is 1.55. The summed E-state index contributed by atoms with van der Waals surface area (Å²) in [6, 6.07) is 15.7. The highest BCUT2D eigenvalue weighted by Crippen LogP contribution is 2.25. The molecule has 6 nitrogen and oxygen atoms in total. The molecule has 158 valence electrons. The number of carbonyl (C=O) groups is 1. The predicted octanol–water partition coefficient (Wildman–Crippen LogP) is 4.00. The van der Waals surface area contributed by atoms with E-state index < -0.39 is 10.0 Å². The smallest absolute Gasteiger partial charge is 0.273 e. The van der Waals surface area contributed by atoms with E-state index in [0.717, 1.165) is 11.3 Å². The lowest BCUT2D eigenvalue weighted by Crippen LogP contribution is -2.28. The first-order valence-corrected chi connectivity index (χ1v) is 11.7. The summed E-state index contributed by atoms with van der Waals surface area (Å²) in [5, 5.41) is 4.53. The molecule has 8 heteroatoms. The van der Waals surface area contributed by atoms with Crippen molar-refractivity contribution in [2.24, 2.45) is 0 Å². The lowest BCUT2D eigenvalue weighted by Gasteiger charge is -2.18. The molecule has 0 unspecified atom stereocenters. The fourth-order valence-electron chi connectivity index (χ4n) is 2.90. The number of hydrogen-bond acceptors (Lipinski definition) is 5. The first-order valence-electron chi connectivity index (χ1n) is 9.40. The van der Waals surface area contributed by atoms with E-state index in [1.54, 1.807) is 41.8 Å². The Kier molecular flexibility index (Phi) is 6.79. The molecule has 3 rings (SSSR count). The molecule has 0 bridgehead atoms. The maximum Gasteiger partial charge on any atom is 0.273 e. The van der Waals surface area contributed by atoms with Crippen LogP contribution in [0, 0.1) is 13.8 Å². The third-order valence-corrected chi connectivity index (χ3v) is 7.74. The summed E-state index contributed by atoms with van der Waals surface area (Å²) in [5.74, 6) is 0.559. The molecule has 1 aromatic heterocycles. The van der Waals surface area contributed by atoms with Crippen molar-refractivity contribution in [3.05, 3.63) is 76.7 Å². The molecule has 1 amide bonds. The van der Waals surface area contributed by atoms with E-state index in [0.29, 0.717) is 24.4 Å². The van der Waals surface area contributed by atoms with Gasteiger partial charge in [0.05, 0.1) is 12.2 Å². The Morgan fingerprint density at radius 3 is 2.47 bits per heavy atom. The van der Waals surface area contributed by atoms with Crippen LogP contribution in [0.5, 0.6) is 5.75 Å². The van der Waals surface area contributed by atoms with Gasteiger partial charge in [-0.2, -0.15) is 0 Å². The van der Waals surface area contributed by atoms with Gasteiger partial charge in [-0.3, -0.25) is 9.10 Å². The van der Waals surface area contributed by atoms with Crippen LogP contribution in [0.4, 0.5) is 5.69 Å². The van der Waals surface area contributed by atoms with Crippen LogP contribution in [0.1, 0.15) is 21.5 Å². The van der Waals surface area contributed by atoms with E-state index in [2.05, 4.69) is 5.32 Å². The molecule has 0 atom stereocenters. The molecule has 30 heavy (non-hydrogen) atoms. The van der Waals surface area contributed by atoms with Crippen molar-refractivity contribution in [3.8, 4) is 5.75 Å². The SMILES string of the molecule is Cc1ccc(OCCNC(=O)c2ccc(N(C)S(=O)(=O)c3cccs3)cc2)c(C)c1. The maximum atomic E-state index is 12.6. The van der Waals surface area contributed by atoms with E-state index in [1.165, 1.54) is 28.3 Å². The highest BCUT2D eigenvalue weighted by atomic mass is 32.2. The minimum absolute atomic E-state index is 0.241. The third-order valence-electron chi connectivity index (χ3n) is 4.58. The Morgan fingerprint density at radius 1 is 1.10 bits per heavy atom. The van der Waals surface area contributed by atoms with Crippen LogP contribution in [-0.2, 0) is 10.0 Å². The second-order valence-corrected chi connectivity index (χ2v) is 9.97. The lowest BCUT2D eigenvalue weighted by molar-refractivity contribution is 0.0947. The monoisotopic (exact) mass is 444 g/mol. The van der Waals surface area contributed by atoms with Gasteiger partial charge in [-0.25, -0.2) is 8.42 Å². The molecule has 0 saturated carbocycles. The van der Waals surface area contributed by atoms with Crippen LogP contribution >= 0.6 is 11.3 Å². The Labute approximate surface area is 181 Å². The van der Waals surface area contributed by atoms with Crippen molar-refractivity contribution >= 4 is 33.0 Å². The van der Waals surface area contributed by atoms with E-state index in [9.17, 15) is 13.2 Å². The number of carbonyl (C=O) groups excluding carboxylic acids is 1. The quantitative estimate of drug-likeness (QED) is 0.533. The Hall–Kier alpha value is -2.84. The number of nitrogens with one attached hydrogen (secondary N) is 1. The zero-order valence-electron chi connectivity index (χ0n) is 17.1. The number of thiophene rings is 1. The fourth-order valence-corrected chi connectivity index (χ4v) is 5.25. The van der Waals surface area contributed by atoms with Gasteiger partial charge in [-0.15, -0.1) is 11.3 Å². The van der Waals surface area contributed by atoms with Crippen molar-refractivity contribution in [2.45, 2.75) is 18.1 Å². The van der Waals surface area contributed by atoms with Crippen LogP contribution in [0.15, 0.2) is 64.2 Å². The van der Waals surface area contributed by atoms with Crippen LogP contribution in [0.25, 0.3) is 0 Å². The van der Waals surface area contributed by atoms with Crippen LogP contribution in [0.3, 0.4) is 0 Å². The number of ether oxygens (including phenoxy) is 1. The number of rotatable bonds is 8. The topological polar surface area (TPSA) is 75.7 Å². The van der Waals surface area contributed by atoms with E-state index in [-0.39, 0.29) is 10.1 Å². The van der Waals surface area contributed by atoms with Gasteiger partial charge in [0.15, 0.2) is 0 Å². The normalized spacial score (nSPS) is 11.2. The van der Waals surface area contributed by atoms with E-state index in [1.807, 2.05) is 32.0 Å². The van der Waals surface area contributed by atoms with Crippen LogP contribution in [0.2, 0.25) is 0 Å². The standard InChI is InChI=1S/C22H24N2O4S2/c1-16-6-11-20(17(2)15-16)28-13-12-23-22(25)18-7-9-19(10-8-18)24(3)30(26,27)21-5-4-14-29-21/h4-11,14-15H,12-13H2,1-3H3,(H,23,25). The molecule has 1 heterocycles. The van der Waals surface area contributed by atoms with Gasteiger partial charge in [-0.1, -0.05) is 23.8 Å². The molecule has 0 spiro atoms. The van der Waals surface area contributed by atoms with Gasteiger partial charge < -0.3 is 10.1 Å². The second-order valence-electron chi connectivity index (χ2n) is 6.82. The largest absolute Gasteiger partial charge is 0.491 e. The molecule has 1 N–H and O–H groups in total. The summed E-state index contributed by atoms with van der Waals surface area (Å²) >= 11 is 1.17. The Morgan fingerprint density at radius 2 is 1.83 bits per heavy atom. The summed E-state index contributed by atoms with van der Waals surface area (Å²) in [4.78, 5) is 12.3. The minimum Gasteiger partial charge on any atom is -0.491 e.